The Bertz CT molecular complexity index is 331. The molecule has 0 aromatic heterocycles. The number of unbranched alkanes of at least 4 members (excludes halogenated alkanes) is 7. The summed E-state index contributed by atoms with van der Waals surface area (Å²) in [5, 5.41) is 1.80. The molecule has 0 heterocycles. The van der Waals surface area contributed by atoms with Gasteiger partial charge in [0.25, 0.3) is 5.91 Å². The fourth-order valence-electron chi connectivity index (χ4n) is 1.96. The second-order valence-corrected chi connectivity index (χ2v) is 5.60. The number of alkyl halides is 5. The molecular weight excluding hydrogens is 341 g/mol. The van der Waals surface area contributed by atoms with E-state index in [1.807, 2.05) is 0 Å². The first-order valence-corrected chi connectivity index (χ1v) is 8.27. The van der Waals surface area contributed by atoms with Crippen LogP contribution in [0.25, 0.3) is 0 Å². The first-order chi connectivity index (χ1) is 10.8. The summed E-state index contributed by atoms with van der Waals surface area (Å²) >= 11 is 4.11. The van der Waals surface area contributed by atoms with Gasteiger partial charge < -0.3 is 5.32 Å². The molecule has 9 heteroatoms. The van der Waals surface area contributed by atoms with Crippen LogP contribution in [0.3, 0.4) is 0 Å². The molecular formula is C14H24F5NO2S. The SMILES string of the molecule is O=C(NCCCCCCCCCCS)C(F)(OCF)C(F)(F)F. The molecule has 0 spiro atoms. The monoisotopic (exact) mass is 365 g/mol. The number of rotatable bonds is 13. The van der Waals surface area contributed by atoms with Crippen LogP contribution in [-0.2, 0) is 9.53 Å². The van der Waals surface area contributed by atoms with Crippen LogP contribution in [0.4, 0.5) is 22.0 Å². The number of hydrogen-bond acceptors (Lipinski definition) is 3. The summed E-state index contributed by atoms with van der Waals surface area (Å²) in [7, 11) is 0. The molecule has 1 unspecified atom stereocenters. The highest BCUT2D eigenvalue weighted by Gasteiger charge is 2.63. The number of amides is 1. The average molecular weight is 365 g/mol. The van der Waals surface area contributed by atoms with E-state index in [0.717, 1.165) is 44.3 Å². The van der Waals surface area contributed by atoms with E-state index in [4.69, 9.17) is 0 Å². The Balaban J connectivity index is 3.84. The molecule has 1 atom stereocenters. The predicted octanol–water partition coefficient (Wildman–Crippen LogP) is 4.32. The van der Waals surface area contributed by atoms with Gasteiger partial charge >= 0.3 is 12.0 Å². The van der Waals surface area contributed by atoms with Crippen LogP contribution in [0.15, 0.2) is 0 Å². The van der Waals surface area contributed by atoms with Gasteiger partial charge in [-0.15, -0.1) is 0 Å². The standard InChI is InChI=1S/C14H24F5NO2S/c15-11-22-13(16,14(17,18)19)12(21)20-9-7-5-3-1-2-4-6-8-10-23/h23H,1-11H2,(H,20,21). The Labute approximate surface area is 138 Å². The average Bonchev–Trinajstić information content (AvgIpc) is 2.48. The maximum Gasteiger partial charge on any atom is 0.458 e. The molecule has 0 aromatic carbocycles. The van der Waals surface area contributed by atoms with E-state index in [0.29, 0.717) is 12.8 Å². The smallest absolute Gasteiger partial charge is 0.351 e. The van der Waals surface area contributed by atoms with Crippen LogP contribution in [0.1, 0.15) is 51.4 Å². The van der Waals surface area contributed by atoms with Crippen molar-refractivity contribution >= 4 is 18.5 Å². The first-order valence-electron chi connectivity index (χ1n) is 7.64. The number of nitrogens with one attached hydrogen (secondary N) is 1. The summed E-state index contributed by atoms with van der Waals surface area (Å²) in [6.45, 7) is -2.16. The van der Waals surface area contributed by atoms with E-state index in [1.54, 1.807) is 5.32 Å². The van der Waals surface area contributed by atoms with Crippen molar-refractivity contribution < 1.29 is 31.5 Å². The van der Waals surface area contributed by atoms with Gasteiger partial charge in [0.2, 0.25) is 0 Å². The van der Waals surface area contributed by atoms with Crippen molar-refractivity contribution in [2.24, 2.45) is 0 Å². The first kappa shape index (κ1) is 22.4. The summed E-state index contributed by atoms with van der Waals surface area (Å²) in [6.07, 6.45) is 1.80. The third-order valence-corrected chi connectivity index (χ3v) is 3.60. The maximum absolute atomic E-state index is 13.5. The van der Waals surface area contributed by atoms with E-state index >= 15 is 0 Å². The lowest BCUT2D eigenvalue weighted by Gasteiger charge is -2.25. The van der Waals surface area contributed by atoms with Crippen molar-refractivity contribution in [1.82, 2.24) is 5.32 Å². The highest BCUT2D eigenvalue weighted by atomic mass is 32.1. The van der Waals surface area contributed by atoms with Crippen LogP contribution in [0.2, 0.25) is 0 Å². The minimum atomic E-state index is -5.63. The lowest BCUT2D eigenvalue weighted by atomic mass is 10.1. The van der Waals surface area contributed by atoms with Crippen molar-refractivity contribution in [2.45, 2.75) is 63.4 Å². The van der Waals surface area contributed by atoms with Crippen molar-refractivity contribution in [3.8, 4) is 0 Å². The van der Waals surface area contributed by atoms with Gasteiger partial charge in [0.15, 0.2) is 6.86 Å². The Kier molecular flexibility index (Phi) is 11.6. The van der Waals surface area contributed by atoms with Gasteiger partial charge in [0.1, 0.15) is 0 Å². The van der Waals surface area contributed by atoms with Gasteiger partial charge in [0.05, 0.1) is 0 Å². The lowest BCUT2D eigenvalue weighted by molar-refractivity contribution is -0.322. The van der Waals surface area contributed by atoms with Crippen LogP contribution in [0, 0.1) is 0 Å². The molecule has 138 valence electrons. The molecule has 0 saturated carbocycles. The molecule has 23 heavy (non-hydrogen) atoms. The fraction of sp³-hybridized carbons (Fsp3) is 0.929. The lowest BCUT2D eigenvalue weighted by Crippen LogP contribution is -2.55. The Morgan fingerprint density at radius 3 is 1.83 bits per heavy atom. The zero-order valence-electron chi connectivity index (χ0n) is 12.9. The number of hydrogen-bond donors (Lipinski definition) is 2. The Morgan fingerprint density at radius 2 is 1.39 bits per heavy atom. The van der Waals surface area contributed by atoms with Crippen LogP contribution >= 0.6 is 12.6 Å². The highest BCUT2D eigenvalue weighted by molar-refractivity contribution is 7.80. The summed E-state index contributed by atoms with van der Waals surface area (Å²) in [5.41, 5.74) is 0. The number of ether oxygens (including phenoxy) is 1. The third-order valence-electron chi connectivity index (χ3n) is 3.28. The van der Waals surface area contributed by atoms with Gasteiger partial charge in [-0.3, -0.25) is 9.53 Å². The molecule has 0 fully saturated rings. The molecule has 0 radical (unpaired) electrons. The zero-order valence-corrected chi connectivity index (χ0v) is 13.8. The molecule has 0 aliphatic rings. The van der Waals surface area contributed by atoms with E-state index in [9.17, 15) is 26.7 Å². The Hall–Kier alpha value is -0.570. The molecule has 0 aliphatic carbocycles. The van der Waals surface area contributed by atoms with E-state index in [-0.39, 0.29) is 6.54 Å². The van der Waals surface area contributed by atoms with Crippen molar-refractivity contribution in [2.75, 3.05) is 19.2 Å². The number of carbonyl (C=O) groups excluding carboxylic acids is 1. The second kappa shape index (κ2) is 11.9. The summed E-state index contributed by atoms with van der Waals surface area (Å²) in [5.74, 6) is -5.79. The maximum atomic E-state index is 13.5. The van der Waals surface area contributed by atoms with Crippen LogP contribution < -0.4 is 5.32 Å². The molecule has 3 nitrogen and oxygen atoms in total. The van der Waals surface area contributed by atoms with Crippen molar-refractivity contribution in [1.29, 1.82) is 0 Å². The second-order valence-electron chi connectivity index (χ2n) is 5.15. The van der Waals surface area contributed by atoms with Gasteiger partial charge in [-0.1, -0.05) is 38.5 Å². The molecule has 1 N–H and O–H groups in total. The van der Waals surface area contributed by atoms with E-state index in [1.165, 1.54) is 0 Å². The van der Waals surface area contributed by atoms with E-state index < -0.39 is 24.8 Å². The fourth-order valence-corrected chi connectivity index (χ4v) is 2.19. The molecule has 0 aromatic rings. The topological polar surface area (TPSA) is 38.3 Å². The van der Waals surface area contributed by atoms with Crippen molar-refractivity contribution in [3.05, 3.63) is 0 Å². The van der Waals surface area contributed by atoms with Gasteiger partial charge in [-0.25, -0.2) is 4.39 Å². The number of thiol groups is 1. The van der Waals surface area contributed by atoms with Gasteiger partial charge in [0, 0.05) is 6.54 Å². The molecule has 0 bridgehead atoms. The summed E-state index contributed by atoms with van der Waals surface area (Å²) in [4.78, 5) is 11.2. The molecule has 0 saturated heterocycles. The highest BCUT2D eigenvalue weighted by Crippen LogP contribution is 2.35. The van der Waals surface area contributed by atoms with E-state index in [2.05, 4.69) is 17.4 Å². The Morgan fingerprint density at radius 1 is 0.913 bits per heavy atom. The number of halogens is 5. The molecule has 0 rings (SSSR count). The van der Waals surface area contributed by atoms with Crippen molar-refractivity contribution in [3.63, 3.8) is 0 Å². The third kappa shape index (κ3) is 8.74. The molecule has 1 amide bonds. The van der Waals surface area contributed by atoms with Crippen LogP contribution in [0.5, 0.6) is 0 Å². The molecule has 0 aliphatic heterocycles. The van der Waals surface area contributed by atoms with Crippen LogP contribution in [-0.4, -0.2) is 37.1 Å². The predicted molar refractivity (Wildman–Crippen MR) is 80.8 cm³/mol. The number of carbonyl (C=O) groups is 1. The summed E-state index contributed by atoms with van der Waals surface area (Å²) in [6, 6.07) is 0. The minimum absolute atomic E-state index is 0.115. The van der Waals surface area contributed by atoms with Gasteiger partial charge in [-0.2, -0.15) is 30.2 Å². The quantitative estimate of drug-likeness (QED) is 0.290. The largest absolute Gasteiger partial charge is 0.458 e. The normalized spacial score (nSPS) is 14.5. The summed E-state index contributed by atoms with van der Waals surface area (Å²) < 4.78 is 65.9. The van der Waals surface area contributed by atoms with Gasteiger partial charge in [-0.05, 0) is 18.6 Å². The zero-order chi connectivity index (χ0) is 17.8. The minimum Gasteiger partial charge on any atom is -0.351 e.